The molecule has 0 radical (unpaired) electrons. The maximum absolute atomic E-state index is 11.5. The molecule has 88 valence electrons. The number of ether oxygens (including phenoxy) is 1. The smallest absolute Gasteiger partial charge is 0.295 e. The van der Waals surface area contributed by atoms with E-state index in [0.29, 0.717) is 18.4 Å². The Morgan fingerprint density at radius 2 is 2.44 bits per heavy atom. The lowest BCUT2D eigenvalue weighted by molar-refractivity contribution is 0.300. The van der Waals surface area contributed by atoms with E-state index in [1.54, 1.807) is 0 Å². The van der Waals surface area contributed by atoms with Crippen LogP contribution in [0.15, 0.2) is 11.1 Å². The molecule has 1 aliphatic carbocycles. The summed E-state index contributed by atoms with van der Waals surface area (Å²) in [7, 11) is 1.44. The topological polar surface area (TPSA) is 78.5 Å². The Morgan fingerprint density at radius 1 is 1.69 bits per heavy atom. The molecule has 0 saturated heterocycles. The quantitative estimate of drug-likeness (QED) is 0.721. The van der Waals surface area contributed by atoms with Gasteiger partial charge in [0.2, 0.25) is 5.75 Å². The number of hydrogen-bond acceptors (Lipinski definition) is 5. The highest BCUT2D eigenvalue weighted by molar-refractivity contribution is 5.52. The normalized spacial score (nSPS) is 14.9. The average Bonchev–Trinajstić information content (AvgIpc) is 3.09. The highest BCUT2D eigenvalue weighted by Gasteiger charge is 2.31. The molecule has 1 aromatic heterocycles. The van der Waals surface area contributed by atoms with Gasteiger partial charge in [-0.15, -0.1) is 0 Å². The molecule has 2 N–H and O–H groups in total. The van der Waals surface area contributed by atoms with E-state index in [1.165, 1.54) is 13.4 Å². The van der Waals surface area contributed by atoms with Crippen LogP contribution in [0.5, 0.6) is 5.75 Å². The summed E-state index contributed by atoms with van der Waals surface area (Å²) in [6, 6.07) is 0.371. The Morgan fingerprint density at radius 3 is 3.00 bits per heavy atom. The van der Waals surface area contributed by atoms with Crippen LogP contribution in [0.4, 0.5) is 5.82 Å². The zero-order valence-corrected chi connectivity index (χ0v) is 9.14. The first-order valence-electron chi connectivity index (χ1n) is 5.27. The molecule has 6 heteroatoms. The Balaban J connectivity index is 2.35. The maximum Gasteiger partial charge on any atom is 0.295 e. The van der Waals surface area contributed by atoms with Crippen LogP contribution in [0, 0.1) is 0 Å². The number of nitrogens with one attached hydrogen (secondary N) is 1. The molecule has 16 heavy (non-hydrogen) atoms. The number of aliphatic hydroxyl groups is 1. The van der Waals surface area contributed by atoms with Gasteiger partial charge in [-0.05, 0) is 12.8 Å². The molecule has 0 bridgehead atoms. The fourth-order valence-corrected chi connectivity index (χ4v) is 1.72. The third-order valence-electron chi connectivity index (χ3n) is 2.60. The van der Waals surface area contributed by atoms with E-state index >= 15 is 0 Å². The second kappa shape index (κ2) is 4.52. The Bertz CT molecular complexity index is 414. The molecule has 0 aliphatic heterocycles. The lowest BCUT2D eigenvalue weighted by Crippen LogP contribution is -2.31. The van der Waals surface area contributed by atoms with Crippen molar-refractivity contribution in [3.05, 3.63) is 16.7 Å². The zero-order valence-electron chi connectivity index (χ0n) is 9.14. The van der Waals surface area contributed by atoms with Crippen LogP contribution in [0.2, 0.25) is 0 Å². The van der Waals surface area contributed by atoms with E-state index in [9.17, 15) is 4.79 Å². The molecule has 0 spiro atoms. The minimum Gasteiger partial charge on any atom is -0.489 e. The fraction of sp³-hybridized carbons (Fsp3) is 0.600. The summed E-state index contributed by atoms with van der Waals surface area (Å²) in [5.41, 5.74) is -0.295. The number of nitrogens with zero attached hydrogens (tertiary/aromatic N) is 2. The first-order chi connectivity index (χ1) is 7.77. The summed E-state index contributed by atoms with van der Waals surface area (Å²) in [5.74, 6) is 0.727. The van der Waals surface area contributed by atoms with Gasteiger partial charge in [-0.3, -0.25) is 4.79 Å². The van der Waals surface area contributed by atoms with Crippen LogP contribution in [0.1, 0.15) is 12.8 Å². The predicted molar refractivity (Wildman–Crippen MR) is 58.9 cm³/mol. The van der Waals surface area contributed by atoms with Gasteiger partial charge in [0.05, 0.1) is 20.0 Å². The number of aliphatic hydroxyl groups excluding tert-OH is 1. The molecule has 2 rings (SSSR count). The van der Waals surface area contributed by atoms with Crippen LogP contribution in [0.25, 0.3) is 0 Å². The van der Waals surface area contributed by atoms with Gasteiger partial charge >= 0.3 is 0 Å². The van der Waals surface area contributed by atoms with Crippen LogP contribution in [-0.2, 0) is 0 Å². The van der Waals surface area contributed by atoms with Crippen molar-refractivity contribution in [3.63, 3.8) is 0 Å². The van der Waals surface area contributed by atoms with Gasteiger partial charge in [0.1, 0.15) is 0 Å². The minimum absolute atomic E-state index is 0.0358. The van der Waals surface area contributed by atoms with Gasteiger partial charge < -0.3 is 19.7 Å². The van der Waals surface area contributed by atoms with Crippen molar-refractivity contribution in [2.75, 3.05) is 25.2 Å². The molecule has 0 unspecified atom stereocenters. The second-order valence-electron chi connectivity index (χ2n) is 3.74. The van der Waals surface area contributed by atoms with Gasteiger partial charge in [-0.2, -0.15) is 0 Å². The third kappa shape index (κ3) is 2.01. The fourth-order valence-electron chi connectivity index (χ4n) is 1.72. The summed E-state index contributed by atoms with van der Waals surface area (Å²) in [5, 5.41) is 9.01. The molecular weight excluding hydrogens is 210 g/mol. The van der Waals surface area contributed by atoms with E-state index < -0.39 is 0 Å². The molecule has 1 aromatic rings. The molecule has 1 saturated carbocycles. The third-order valence-corrected chi connectivity index (χ3v) is 2.60. The number of anilines is 1. The Labute approximate surface area is 92.9 Å². The van der Waals surface area contributed by atoms with Gasteiger partial charge in [-0.25, -0.2) is 4.98 Å². The van der Waals surface area contributed by atoms with Crippen LogP contribution in [0.3, 0.4) is 0 Å². The minimum atomic E-state index is -0.295. The van der Waals surface area contributed by atoms with Crippen molar-refractivity contribution in [2.45, 2.75) is 18.9 Å². The molecule has 6 nitrogen and oxygen atoms in total. The average molecular weight is 225 g/mol. The molecule has 1 aliphatic rings. The van der Waals surface area contributed by atoms with E-state index in [2.05, 4.69) is 9.97 Å². The van der Waals surface area contributed by atoms with Crippen LogP contribution >= 0.6 is 0 Å². The van der Waals surface area contributed by atoms with E-state index in [-0.39, 0.29) is 17.9 Å². The van der Waals surface area contributed by atoms with Gasteiger partial charge in [0, 0.05) is 12.6 Å². The molecule has 1 heterocycles. The first-order valence-corrected chi connectivity index (χ1v) is 5.27. The van der Waals surface area contributed by atoms with Crippen molar-refractivity contribution < 1.29 is 9.84 Å². The highest BCUT2D eigenvalue weighted by atomic mass is 16.5. The first kappa shape index (κ1) is 10.9. The number of aromatic nitrogens is 2. The van der Waals surface area contributed by atoms with E-state index in [1.807, 2.05) is 4.90 Å². The van der Waals surface area contributed by atoms with Gasteiger partial charge in [-0.1, -0.05) is 0 Å². The van der Waals surface area contributed by atoms with Gasteiger partial charge in [0.25, 0.3) is 5.56 Å². The summed E-state index contributed by atoms with van der Waals surface area (Å²) in [4.78, 5) is 20.0. The molecule has 0 atom stereocenters. The lowest BCUT2D eigenvalue weighted by Gasteiger charge is -2.23. The monoisotopic (exact) mass is 225 g/mol. The standard InChI is InChI=1S/C10H15N3O3/c1-16-8-9(11-6-12-10(8)15)13(4-5-14)7-2-3-7/h6-7,14H,2-5H2,1H3,(H,11,12,15). The van der Waals surface area contributed by atoms with Crippen molar-refractivity contribution >= 4 is 5.82 Å². The predicted octanol–water partition coefficient (Wildman–Crippen LogP) is -0.260. The number of rotatable bonds is 5. The van der Waals surface area contributed by atoms with E-state index in [0.717, 1.165) is 12.8 Å². The van der Waals surface area contributed by atoms with Crippen LogP contribution in [-0.4, -0.2) is 41.4 Å². The molecule has 0 amide bonds. The number of H-pyrrole nitrogens is 1. The van der Waals surface area contributed by atoms with Gasteiger partial charge in [0.15, 0.2) is 5.82 Å². The summed E-state index contributed by atoms with van der Waals surface area (Å²) in [6.07, 6.45) is 3.49. The Kier molecular flexibility index (Phi) is 3.09. The second-order valence-corrected chi connectivity index (χ2v) is 3.74. The maximum atomic E-state index is 11.5. The van der Waals surface area contributed by atoms with Crippen molar-refractivity contribution in [1.29, 1.82) is 0 Å². The number of aromatic amines is 1. The SMILES string of the molecule is COc1c(N(CCO)C2CC2)nc[nH]c1=O. The van der Waals surface area contributed by atoms with E-state index in [4.69, 9.17) is 9.84 Å². The zero-order chi connectivity index (χ0) is 11.5. The molecular formula is C10H15N3O3. The van der Waals surface area contributed by atoms with Crippen molar-refractivity contribution in [1.82, 2.24) is 9.97 Å². The molecule has 0 aromatic carbocycles. The largest absolute Gasteiger partial charge is 0.489 e. The summed E-state index contributed by atoms with van der Waals surface area (Å²) >= 11 is 0. The number of hydrogen-bond donors (Lipinski definition) is 2. The van der Waals surface area contributed by atoms with Crippen LogP contribution < -0.4 is 15.2 Å². The highest BCUT2D eigenvalue weighted by Crippen LogP contribution is 2.33. The summed E-state index contributed by atoms with van der Waals surface area (Å²) < 4.78 is 5.05. The lowest BCUT2D eigenvalue weighted by atomic mass is 10.4. The van der Waals surface area contributed by atoms with Crippen molar-refractivity contribution in [3.8, 4) is 5.75 Å². The Hall–Kier alpha value is -1.56. The van der Waals surface area contributed by atoms with Crippen molar-refractivity contribution in [2.24, 2.45) is 0 Å². The molecule has 1 fully saturated rings. The summed E-state index contributed by atoms with van der Waals surface area (Å²) in [6.45, 7) is 0.506. The number of methoxy groups -OCH3 is 1.